The van der Waals surface area contributed by atoms with Crippen LogP contribution in [0.3, 0.4) is 0 Å². The Morgan fingerprint density at radius 2 is 2.15 bits per heavy atom. The van der Waals surface area contributed by atoms with Gasteiger partial charge in [-0.3, -0.25) is 14.9 Å². The molecule has 0 aliphatic heterocycles. The summed E-state index contributed by atoms with van der Waals surface area (Å²) in [5.41, 5.74) is -0.0314. The van der Waals surface area contributed by atoms with Gasteiger partial charge in [-0.05, 0) is 20.8 Å². The minimum absolute atomic E-state index is 0.135. The third-order valence-electron chi connectivity index (χ3n) is 2.65. The van der Waals surface area contributed by atoms with Gasteiger partial charge in [0.2, 0.25) is 0 Å². The average Bonchev–Trinajstić information content (AvgIpc) is 2.83. The maximum absolute atomic E-state index is 12.0. The third kappa shape index (κ3) is 3.56. The van der Waals surface area contributed by atoms with Gasteiger partial charge in [0, 0.05) is 12.6 Å². The lowest BCUT2D eigenvalue weighted by molar-refractivity contribution is -0.384. The molecular weight excluding hydrogens is 266 g/mol. The zero-order valence-corrected chi connectivity index (χ0v) is 11.6. The van der Waals surface area contributed by atoms with Crippen molar-refractivity contribution in [1.29, 1.82) is 0 Å². The normalized spacial score (nSPS) is 11.8. The zero-order chi connectivity index (χ0) is 15.3. The highest BCUT2D eigenvalue weighted by molar-refractivity contribution is 5.96. The standard InChI is InChI=1S/C12H17N3O5/c1-4-14-7-9(15(18)19)6-10(14)11(16)13-8(3)12(17)20-5-2/h6-8H,4-5H2,1-3H3,(H,13,16). The fraction of sp³-hybridized carbons (Fsp3) is 0.500. The maximum Gasteiger partial charge on any atom is 0.328 e. The number of nitrogens with zero attached hydrogens (tertiary/aromatic N) is 2. The summed E-state index contributed by atoms with van der Waals surface area (Å²) < 4.78 is 6.22. The van der Waals surface area contributed by atoms with Crippen LogP contribution in [0.15, 0.2) is 12.3 Å². The maximum atomic E-state index is 12.0. The number of aryl methyl sites for hydroxylation is 1. The van der Waals surface area contributed by atoms with Gasteiger partial charge in [-0.15, -0.1) is 0 Å². The van der Waals surface area contributed by atoms with Crippen LogP contribution in [-0.2, 0) is 16.1 Å². The Balaban J connectivity index is 2.86. The number of nitrogens with one attached hydrogen (secondary N) is 1. The fourth-order valence-electron chi connectivity index (χ4n) is 1.64. The highest BCUT2D eigenvalue weighted by Gasteiger charge is 2.22. The number of aromatic nitrogens is 1. The van der Waals surface area contributed by atoms with Crippen molar-refractivity contribution in [1.82, 2.24) is 9.88 Å². The van der Waals surface area contributed by atoms with Gasteiger partial charge in [0.25, 0.3) is 11.6 Å². The molecule has 1 aromatic heterocycles. The Hall–Kier alpha value is -2.38. The Morgan fingerprint density at radius 1 is 1.50 bits per heavy atom. The van der Waals surface area contributed by atoms with Crippen LogP contribution in [0.1, 0.15) is 31.3 Å². The summed E-state index contributed by atoms with van der Waals surface area (Å²) in [7, 11) is 0. The minimum Gasteiger partial charge on any atom is -0.464 e. The molecule has 0 saturated carbocycles. The number of nitro groups is 1. The molecule has 1 atom stereocenters. The Labute approximate surface area is 115 Å². The van der Waals surface area contributed by atoms with E-state index in [1.807, 2.05) is 0 Å². The van der Waals surface area contributed by atoms with E-state index in [-0.39, 0.29) is 18.0 Å². The third-order valence-corrected chi connectivity index (χ3v) is 2.65. The van der Waals surface area contributed by atoms with Crippen LogP contribution < -0.4 is 5.32 Å². The number of ether oxygens (including phenoxy) is 1. The van der Waals surface area contributed by atoms with E-state index in [9.17, 15) is 19.7 Å². The van der Waals surface area contributed by atoms with Crippen molar-refractivity contribution in [2.75, 3.05) is 6.61 Å². The predicted octanol–water partition coefficient (Wildman–Crippen LogP) is 1.10. The number of esters is 1. The van der Waals surface area contributed by atoms with Crippen molar-refractivity contribution < 1.29 is 19.2 Å². The fourth-order valence-corrected chi connectivity index (χ4v) is 1.64. The molecule has 0 aromatic carbocycles. The second kappa shape index (κ2) is 6.69. The van der Waals surface area contributed by atoms with Gasteiger partial charge in [-0.2, -0.15) is 0 Å². The van der Waals surface area contributed by atoms with E-state index in [1.54, 1.807) is 13.8 Å². The van der Waals surface area contributed by atoms with Crippen molar-refractivity contribution in [3.8, 4) is 0 Å². The highest BCUT2D eigenvalue weighted by Crippen LogP contribution is 2.16. The lowest BCUT2D eigenvalue weighted by Gasteiger charge is -2.13. The smallest absolute Gasteiger partial charge is 0.328 e. The van der Waals surface area contributed by atoms with Crippen molar-refractivity contribution in [2.45, 2.75) is 33.4 Å². The van der Waals surface area contributed by atoms with Crippen molar-refractivity contribution in [2.24, 2.45) is 0 Å². The molecule has 0 fully saturated rings. The molecule has 1 rings (SSSR count). The first kappa shape index (κ1) is 15.7. The van der Waals surface area contributed by atoms with E-state index in [4.69, 9.17) is 4.74 Å². The van der Waals surface area contributed by atoms with E-state index >= 15 is 0 Å². The summed E-state index contributed by atoms with van der Waals surface area (Å²) >= 11 is 0. The summed E-state index contributed by atoms with van der Waals surface area (Å²) in [4.78, 5) is 33.6. The Bertz CT molecular complexity index is 523. The summed E-state index contributed by atoms with van der Waals surface area (Å²) in [6.45, 7) is 5.54. The van der Waals surface area contributed by atoms with Crippen LogP contribution >= 0.6 is 0 Å². The zero-order valence-electron chi connectivity index (χ0n) is 11.6. The van der Waals surface area contributed by atoms with Gasteiger partial charge in [0.05, 0.1) is 17.7 Å². The SMILES string of the molecule is CCOC(=O)C(C)NC(=O)c1cc([N+](=O)[O-])cn1CC. The van der Waals surface area contributed by atoms with E-state index in [2.05, 4.69) is 5.32 Å². The lowest BCUT2D eigenvalue weighted by atomic mass is 10.3. The molecule has 0 spiro atoms. The van der Waals surface area contributed by atoms with Gasteiger partial charge in [-0.1, -0.05) is 0 Å². The molecule has 8 heteroatoms. The molecule has 1 amide bonds. The highest BCUT2D eigenvalue weighted by atomic mass is 16.6. The molecule has 1 unspecified atom stereocenters. The molecule has 0 radical (unpaired) electrons. The van der Waals surface area contributed by atoms with Crippen LogP contribution in [-0.4, -0.2) is 34.0 Å². The lowest BCUT2D eigenvalue weighted by Crippen LogP contribution is -2.40. The average molecular weight is 283 g/mol. The van der Waals surface area contributed by atoms with Crippen LogP contribution in [0.4, 0.5) is 5.69 Å². The van der Waals surface area contributed by atoms with Gasteiger partial charge in [0.1, 0.15) is 11.7 Å². The van der Waals surface area contributed by atoms with E-state index < -0.39 is 22.8 Å². The van der Waals surface area contributed by atoms with Gasteiger partial charge >= 0.3 is 5.97 Å². The largest absolute Gasteiger partial charge is 0.464 e. The van der Waals surface area contributed by atoms with E-state index in [1.165, 1.54) is 23.8 Å². The van der Waals surface area contributed by atoms with Crippen molar-refractivity contribution in [3.05, 3.63) is 28.1 Å². The summed E-state index contributed by atoms with van der Waals surface area (Å²) in [6, 6.07) is 0.359. The van der Waals surface area contributed by atoms with Gasteiger partial charge in [-0.25, -0.2) is 4.79 Å². The molecule has 0 aliphatic carbocycles. The Kier molecular flexibility index (Phi) is 5.24. The molecule has 1 heterocycles. The molecule has 0 bridgehead atoms. The second-order valence-electron chi connectivity index (χ2n) is 4.07. The molecule has 0 saturated heterocycles. The summed E-state index contributed by atoms with van der Waals surface area (Å²) in [5, 5.41) is 13.2. The topological polar surface area (TPSA) is 103 Å². The monoisotopic (exact) mass is 283 g/mol. The van der Waals surface area contributed by atoms with E-state index in [0.29, 0.717) is 6.54 Å². The summed E-state index contributed by atoms with van der Waals surface area (Å²) in [6.07, 6.45) is 1.28. The number of rotatable bonds is 6. The van der Waals surface area contributed by atoms with Crippen LogP contribution in [0, 0.1) is 10.1 Å². The van der Waals surface area contributed by atoms with Crippen LogP contribution in [0.2, 0.25) is 0 Å². The van der Waals surface area contributed by atoms with E-state index in [0.717, 1.165) is 0 Å². The quantitative estimate of drug-likeness (QED) is 0.478. The number of hydrogen-bond acceptors (Lipinski definition) is 5. The first-order valence-electron chi connectivity index (χ1n) is 6.22. The predicted molar refractivity (Wildman–Crippen MR) is 70.3 cm³/mol. The number of carbonyl (C=O) groups is 2. The molecule has 8 nitrogen and oxygen atoms in total. The molecule has 0 aliphatic rings. The first-order valence-corrected chi connectivity index (χ1v) is 6.22. The molecular formula is C12H17N3O5. The van der Waals surface area contributed by atoms with Crippen LogP contribution in [0.25, 0.3) is 0 Å². The molecule has 1 N–H and O–H groups in total. The first-order chi connectivity index (χ1) is 9.40. The molecule has 110 valence electrons. The molecule has 1 aromatic rings. The second-order valence-corrected chi connectivity index (χ2v) is 4.07. The van der Waals surface area contributed by atoms with Gasteiger partial charge in [0.15, 0.2) is 0 Å². The van der Waals surface area contributed by atoms with Gasteiger partial charge < -0.3 is 14.6 Å². The summed E-state index contributed by atoms with van der Waals surface area (Å²) in [5.74, 6) is -1.11. The number of amides is 1. The number of carbonyl (C=O) groups excluding carboxylic acids is 2. The Morgan fingerprint density at radius 3 is 2.65 bits per heavy atom. The van der Waals surface area contributed by atoms with Crippen LogP contribution in [0.5, 0.6) is 0 Å². The van der Waals surface area contributed by atoms with Crippen molar-refractivity contribution >= 4 is 17.6 Å². The van der Waals surface area contributed by atoms with Crippen molar-refractivity contribution in [3.63, 3.8) is 0 Å². The minimum atomic E-state index is -0.818. The molecule has 20 heavy (non-hydrogen) atoms. The number of hydrogen-bond donors (Lipinski definition) is 1.